The average molecular weight is 366 g/mol. The van der Waals surface area contributed by atoms with E-state index in [2.05, 4.69) is 15.5 Å². The number of benzene rings is 1. The normalized spacial score (nSPS) is 11.0. The first-order chi connectivity index (χ1) is 11.5. The smallest absolute Gasteiger partial charge is 0.259 e. The van der Waals surface area contributed by atoms with Gasteiger partial charge in [0, 0.05) is 10.9 Å². The third-order valence-corrected chi connectivity index (χ3v) is 4.35. The molecule has 1 amide bonds. The predicted molar refractivity (Wildman–Crippen MR) is 91.1 cm³/mol. The van der Waals surface area contributed by atoms with Crippen molar-refractivity contribution in [1.29, 1.82) is 0 Å². The number of amides is 1. The van der Waals surface area contributed by atoms with E-state index < -0.39 is 11.7 Å². The first kappa shape index (κ1) is 16.6. The molecule has 0 spiro atoms. The van der Waals surface area contributed by atoms with Crippen LogP contribution in [-0.4, -0.2) is 16.1 Å². The summed E-state index contributed by atoms with van der Waals surface area (Å²) in [6, 6.07) is 5.51. The summed E-state index contributed by atoms with van der Waals surface area (Å²) in [6.45, 7) is 3.88. The van der Waals surface area contributed by atoms with Gasteiger partial charge in [-0.3, -0.25) is 4.79 Å². The first-order valence-corrected chi connectivity index (χ1v) is 8.39. The van der Waals surface area contributed by atoms with E-state index in [-0.39, 0.29) is 16.5 Å². The van der Waals surface area contributed by atoms with E-state index in [1.165, 1.54) is 23.5 Å². The van der Waals surface area contributed by atoms with Gasteiger partial charge in [0.15, 0.2) is 0 Å². The van der Waals surface area contributed by atoms with Crippen molar-refractivity contribution in [2.75, 3.05) is 5.32 Å². The quantitative estimate of drug-likeness (QED) is 0.709. The minimum atomic E-state index is -0.645. The van der Waals surface area contributed by atoms with Gasteiger partial charge in [-0.15, -0.1) is 21.5 Å². The van der Waals surface area contributed by atoms with Gasteiger partial charge in [-0.2, -0.15) is 0 Å². The van der Waals surface area contributed by atoms with Gasteiger partial charge in [0.2, 0.25) is 5.89 Å². The molecule has 0 atom stereocenters. The molecule has 0 saturated carbocycles. The van der Waals surface area contributed by atoms with E-state index in [1.54, 1.807) is 11.4 Å². The Morgan fingerprint density at radius 1 is 1.33 bits per heavy atom. The van der Waals surface area contributed by atoms with Gasteiger partial charge >= 0.3 is 0 Å². The zero-order valence-electron chi connectivity index (χ0n) is 12.8. The zero-order valence-corrected chi connectivity index (χ0v) is 14.4. The molecule has 124 valence electrons. The Labute approximate surface area is 146 Å². The Kier molecular flexibility index (Phi) is 4.64. The number of nitrogens with zero attached hydrogens (tertiary/aromatic N) is 2. The number of nitrogens with one attached hydrogen (secondary N) is 1. The van der Waals surface area contributed by atoms with Gasteiger partial charge in [0.05, 0.1) is 11.3 Å². The van der Waals surface area contributed by atoms with Crippen LogP contribution in [0.5, 0.6) is 0 Å². The number of anilines is 1. The van der Waals surface area contributed by atoms with Crippen molar-refractivity contribution in [2.24, 2.45) is 0 Å². The topological polar surface area (TPSA) is 68.0 Å². The third kappa shape index (κ3) is 3.32. The molecule has 1 aromatic carbocycles. The number of hydrogen-bond acceptors (Lipinski definition) is 5. The zero-order chi connectivity index (χ0) is 17.3. The fourth-order valence-electron chi connectivity index (χ4n) is 1.99. The largest absolute Gasteiger partial charge is 0.420 e. The molecule has 0 aliphatic rings. The Morgan fingerprint density at radius 3 is 2.83 bits per heavy atom. The molecule has 2 aromatic heterocycles. The second-order valence-corrected chi connectivity index (χ2v) is 6.69. The third-order valence-electron chi connectivity index (χ3n) is 3.22. The fraction of sp³-hybridized carbons (Fsp3) is 0.188. The molecule has 0 unspecified atom stereocenters. The maximum absolute atomic E-state index is 13.8. The van der Waals surface area contributed by atoms with Crippen LogP contribution in [0.15, 0.2) is 34.1 Å². The molecule has 2 heterocycles. The predicted octanol–water partition coefficient (Wildman–Crippen LogP) is 4.97. The molecule has 0 radical (unpaired) electrons. The van der Waals surface area contributed by atoms with E-state index in [0.717, 1.165) is 6.07 Å². The highest BCUT2D eigenvalue weighted by Crippen LogP contribution is 2.34. The minimum absolute atomic E-state index is 0.102. The number of hydrogen-bond donors (Lipinski definition) is 1. The Morgan fingerprint density at radius 2 is 2.12 bits per heavy atom. The summed E-state index contributed by atoms with van der Waals surface area (Å²) in [4.78, 5) is 12.9. The van der Waals surface area contributed by atoms with Crippen molar-refractivity contribution < 1.29 is 13.6 Å². The molecular formula is C16H13ClFN3O2S. The van der Waals surface area contributed by atoms with Gasteiger partial charge in [-0.25, -0.2) is 4.39 Å². The minimum Gasteiger partial charge on any atom is -0.420 e. The van der Waals surface area contributed by atoms with E-state index in [9.17, 15) is 9.18 Å². The molecule has 0 aliphatic heterocycles. The summed E-state index contributed by atoms with van der Waals surface area (Å²) >= 11 is 7.17. The SMILES string of the molecule is CC(C)c1nnc(-c2sccc2NC(=O)c2cc(Cl)ccc2F)o1. The molecule has 3 aromatic rings. The molecule has 1 N–H and O–H groups in total. The molecule has 8 heteroatoms. The lowest BCUT2D eigenvalue weighted by atomic mass is 10.2. The Hall–Kier alpha value is -2.25. The monoisotopic (exact) mass is 365 g/mol. The van der Waals surface area contributed by atoms with E-state index in [4.69, 9.17) is 16.0 Å². The van der Waals surface area contributed by atoms with Crippen molar-refractivity contribution >= 4 is 34.5 Å². The van der Waals surface area contributed by atoms with Crippen LogP contribution in [0.25, 0.3) is 10.8 Å². The van der Waals surface area contributed by atoms with Crippen LogP contribution in [0.2, 0.25) is 5.02 Å². The molecule has 0 aliphatic carbocycles. The summed E-state index contributed by atoms with van der Waals surface area (Å²) < 4.78 is 19.4. The number of rotatable bonds is 4. The van der Waals surface area contributed by atoms with Crippen molar-refractivity contribution in [3.8, 4) is 10.8 Å². The maximum Gasteiger partial charge on any atom is 0.259 e. The lowest BCUT2D eigenvalue weighted by Crippen LogP contribution is -2.13. The van der Waals surface area contributed by atoms with E-state index >= 15 is 0 Å². The van der Waals surface area contributed by atoms with Crippen molar-refractivity contribution in [2.45, 2.75) is 19.8 Å². The number of halogens is 2. The highest BCUT2D eigenvalue weighted by molar-refractivity contribution is 7.14. The molecule has 0 fully saturated rings. The number of carbonyl (C=O) groups excluding carboxylic acids is 1. The molecule has 5 nitrogen and oxygen atoms in total. The summed E-state index contributed by atoms with van der Waals surface area (Å²) in [5, 5.41) is 12.7. The second kappa shape index (κ2) is 6.70. The van der Waals surface area contributed by atoms with Crippen LogP contribution in [-0.2, 0) is 0 Å². The first-order valence-electron chi connectivity index (χ1n) is 7.13. The number of carbonyl (C=O) groups is 1. The van der Waals surface area contributed by atoms with Crippen LogP contribution in [0.1, 0.15) is 36.0 Å². The fourth-order valence-corrected chi connectivity index (χ4v) is 2.94. The molecule has 3 rings (SSSR count). The molecular weight excluding hydrogens is 353 g/mol. The Bertz CT molecular complexity index is 891. The van der Waals surface area contributed by atoms with E-state index in [1.807, 2.05) is 13.8 Å². The average Bonchev–Trinajstić information content (AvgIpc) is 3.18. The van der Waals surface area contributed by atoms with Gasteiger partial charge < -0.3 is 9.73 Å². The van der Waals surface area contributed by atoms with Crippen molar-refractivity contribution in [3.63, 3.8) is 0 Å². The van der Waals surface area contributed by atoms with Crippen molar-refractivity contribution in [3.05, 3.63) is 51.9 Å². The summed E-state index contributed by atoms with van der Waals surface area (Å²) in [5.74, 6) is -0.316. The standard InChI is InChI=1S/C16H13ClFN3O2S/c1-8(2)15-20-21-16(23-15)13-12(5-6-24-13)19-14(22)10-7-9(17)3-4-11(10)18/h3-8H,1-2H3,(H,19,22). The van der Waals surface area contributed by atoms with Crippen LogP contribution in [0.4, 0.5) is 10.1 Å². The van der Waals surface area contributed by atoms with Gasteiger partial charge in [-0.1, -0.05) is 25.4 Å². The molecule has 24 heavy (non-hydrogen) atoms. The lowest BCUT2D eigenvalue weighted by molar-refractivity contribution is 0.102. The number of thiophene rings is 1. The van der Waals surface area contributed by atoms with Crippen LogP contribution in [0.3, 0.4) is 0 Å². The number of aromatic nitrogens is 2. The van der Waals surface area contributed by atoms with Gasteiger partial charge in [-0.05, 0) is 29.6 Å². The summed E-state index contributed by atoms with van der Waals surface area (Å²) in [7, 11) is 0. The van der Waals surface area contributed by atoms with Crippen LogP contribution < -0.4 is 5.32 Å². The molecule has 0 saturated heterocycles. The highest BCUT2D eigenvalue weighted by atomic mass is 35.5. The van der Waals surface area contributed by atoms with Crippen LogP contribution >= 0.6 is 22.9 Å². The second-order valence-electron chi connectivity index (χ2n) is 5.34. The van der Waals surface area contributed by atoms with Gasteiger partial charge in [0.1, 0.15) is 10.7 Å². The lowest BCUT2D eigenvalue weighted by Gasteiger charge is -2.06. The molecule has 0 bridgehead atoms. The summed E-state index contributed by atoms with van der Waals surface area (Å²) in [5.41, 5.74) is 0.344. The van der Waals surface area contributed by atoms with Gasteiger partial charge in [0.25, 0.3) is 11.8 Å². The van der Waals surface area contributed by atoms with Crippen LogP contribution in [0, 0.1) is 5.82 Å². The highest BCUT2D eigenvalue weighted by Gasteiger charge is 2.19. The van der Waals surface area contributed by atoms with Crippen molar-refractivity contribution in [1.82, 2.24) is 10.2 Å². The van der Waals surface area contributed by atoms with E-state index in [0.29, 0.717) is 22.3 Å². The maximum atomic E-state index is 13.8. The Balaban J connectivity index is 1.87. The summed E-state index contributed by atoms with van der Waals surface area (Å²) in [6.07, 6.45) is 0.